The van der Waals surface area contributed by atoms with E-state index in [4.69, 9.17) is 17.3 Å². The molecule has 0 bridgehead atoms. The quantitative estimate of drug-likeness (QED) is 0.645. The van der Waals surface area contributed by atoms with Gasteiger partial charge in [-0.15, -0.1) is 0 Å². The maximum atomic E-state index is 14.8. The van der Waals surface area contributed by atoms with E-state index in [1.165, 1.54) is 25.3 Å². The summed E-state index contributed by atoms with van der Waals surface area (Å²) in [6.07, 6.45) is -0.638. The maximum Gasteiger partial charge on any atom is 0.252 e. The van der Waals surface area contributed by atoms with Crippen LogP contribution < -0.4 is 5.73 Å². The molecule has 2 aromatic rings. The summed E-state index contributed by atoms with van der Waals surface area (Å²) < 4.78 is 66.0. The number of hydrogen-bond donors (Lipinski definition) is 1. The number of carbonyl (C=O) groups is 1. The summed E-state index contributed by atoms with van der Waals surface area (Å²) in [5.74, 6) is -5.33. The van der Waals surface area contributed by atoms with Gasteiger partial charge in [0.2, 0.25) is 0 Å². The Labute approximate surface area is 194 Å². The third-order valence-corrected chi connectivity index (χ3v) is 9.11. The number of aliphatic imine (C=N–C) groups is 1. The second kappa shape index (κ2) is 7.53. The van der Waals surface area contributed by atoms with Crippen molar-refractivity contribution < 1.29 is 26.4 Å². The van der Waals surface area contributed by atoms with E-state index in [1.54, 1.807) is 13.0 Å². The number of hydrogen-bond acceptors (Lipinski definition) is 6. The zero-order valence-corrected chi connectivity index (χ0v) is 19.4. The molecular weight excluding hydrogens is 479 g/mol. The van der Waals surface area contributed by atoms with Crippen molar-refractivity contribution in [2.24, 2.45) is 10.7 Å². The van der Waals surface area contributed by atoms with Gasteiger partial charge in [-0.05, 0) is 43.2 Å². The number of nitrogens with zero attached hydrogens (tertiary/aromatic N) is 2. The average Bonchev–Trinajstić information content (AvgIpc) is 2.65. The molecule has 1 atom stereocenters. The number of rotatable bonds is 4. The van der Waals surface area contributed by atoms with Crippen LogP contribution in [0.2, 0.25) is 5.02 Å². The monoisotopic (exact) mass is 499 g/mol. The van der Waals surface area contributed by atoms with Crippen LogP contribution in [-0.4, -0.2) is 41.4 Å². The second-order valence-electron chi connectivity index (χ2n) is 8.97. The fourth-order valence-electron chi connectivity index (χ4n) is 4.59. The summed E-state index contributed by atoms with van der Waals surface area (Å²) in [7, 11) is -4.16. The molecule has 4 rings (SSSR count). The number of nitrogens with two attached hydrogens (primary N) is 1. The molecular formula is C22H21ClF3N3O3S. The van der Waals surface area contributed by atoms with E-state index in [0.717, 1.165) is 6.07 Å². The van der Waals surface area contributed by atoms with Gasteiger partial charge in [0.1, 0.15) is 27.6 Å². The molecule has 2 aliphatic rings. The van der Waals surface area contributed by atoms with E-state index in [-0.39, 0.29) is 23.5 Å². The Hall–Kier alpha value is -2.46. The number of benzene rings is 1. The molecule has 0 amide bonds. The Balaban J connectivity index is 1.69. The first-order valence-electron chi connectivity index (χ1n) is 10.1. The van der Waals surface area contributed by atoms with Crippen LogP contribution >= 0.6 is 11.6 Å². The Kier molecular flexibility index (Phi) is 5.40. The first-order valence-corrected chi connectivity index (χ1v) is 12.1. The molecule has 176 valence electrons. The van der Waals surface area contributed by atoms with Crippen molar-refractivity contribution in [2.75, 3.05) is 5.75 Å². The third kappa shape index (κ3) is 3.93. The first kappa shape index (κ1) is 23.7. The number of halogens is 4. The summed E-state index contributed by atoms with van der Waals surface area (Å²) in [5.41, 5.74) is 5.40. The summed E-state index contributed by atoms with van der Waals surface area (Å²) in [6, 6.07) is 5.48. The minimum atomic E-state index is -4.16. The molecule has 2 N–H and O–H groups in total. The number of alkyl halides is 2. The highest BCUT2D eigenvalue weighted by Gasteiger charge is 2.68. The SMILES string of the molecule is Cc1cc(Cl)cnc1C(=O)Cc1ccc(F)c([C@]2(C)CS(=O)(=O)C3(CC(F)(F)C3)C(N)=N2)c1. The van der Waals surface area contributed by atoms with E-state index < -0.39 is 56.3 Å². The second-order valence-corrected chi connectivity index (χ2v) is 11.7. The number of pyridine rings is 1. The zero-order valence-electron chi connectivity index (χ0n) is 17.8. The van der Waals surface area contributed by atoms with Crippen LogP contribution in [0.1, 0.15) is 46.9 Å². The lowest BCUT2D eigenvalue weighted by Crippen LogP contribution is -2.68. The fourth-order valence-corrected chi connectivity index (χ4v) is 7.26. The van der Waals surface area contributed by atoms with E-state index in [9.17, 15) is 26.4 Å². The molecule has 1 saturated carbocycles. The number of Topliss-reactive ketones (excluding diaryl/α,β-unsaturated/α-hetero) is 1. The predicted octanol–water partition coefficient (Wildman–Crippen LogP) is 3.78. The lowest BCUT2D eigenvalue weighted by Gasteiger charge is -2.50. The molecule has 1 spiro atoms. The largest absolute Gasteiger partial charge is 0.386 e. The minimum absolute atomic E-state index is 0.0824. The van der Waals surface area contributed by atoms with Gasteiger partial charge in [-0.3, -0.25) is 14.8 Å². The third-order valence-electron chi connectivity index (χ3n) is 6.27. The van der Waals surface area contributed by atoms with Crippen molar-refractivity contribution in [2.45, 2.75) is 49.3 Å². The molecule has 1 aromatic carbocycles. The van der Waals surface area contributed by atoms with Crippen LogP contribution in [0.3, 0.4) is 0 Å². The summed E-state index contributed by atoms with van der Waals surface area (Å²) in [6.45, 7) is 3.07. The number of sulfone groups is 1. The molecule has 1 aliphatic heterocycles. The Morgan fingerprint density at radius 3 is 2.48 bits per heavy atom. The highest BCUT2D eigenvalue weighted by atomic mass is 35.5. The molecule has 2 heterocycles. The van der Waals surface area contributed by atoms with Crippen molar-refractivity contribution in [3.63, 3.8) is 0 Å². The number of aryl methyl sites for hydroxylation is 1. The molecule has 0 unspecified atom stereocenters. The lowest BCUT2D eigenvalue weighted by molar-refractivity contribution is -0.0828. The van der Waals surface area contributed by atoms with Crippen molar-refractivity contribution in [3.05, 3.63) is 63.7 Å². The van der Waals surface area contributed by atoms with E-state index in [0.29, 0.717) is 16.1 Å². The zero-order chi connectivity index (χ0) is 24.4. The normalized spacial score (nSPS) is 24.7. The van der Waals surface area contributed by atoms with Crippen LogP contribution in [0.15, 0.2) is 35.5 Å². The van der Waals surface area contributed by atoms with Gasteiger partial charge in [-0.25, -0.2) is 21.6 Å². The van der Waals surface area contributed by atoms with Gasteiger partial charge in [0.25, 0.3) is 5.92 Å². The maximum absolute atomic E-state index is 14.8. The fraction of sp³-hybridized carbons (Fsp3) is 0.409. The number of amidine groups is 1. The Bertz CT molecular complexity index is 1310. The van der Waals surface area contributed by atoms with Crippen molar-refractivity contribution in [1.29, 1.82) is 0 Å². The Morgan fingerprint density at radius 2 is 1.91 bits per heavy atom. The van der Waals surface area contributed by atoms with Gasteiger partial charge in [-0.1, -0.05) is 17.7 Å². The van der Waals surface area contributed by atoms with Crippen LogP contribution in [0.5, 0.6) is 0 Å². The molecule has 0 saturated heterocycles. The minimum Gasteiger partial charge on any atom is -0.386 e. The van der Waals surface area contributed by atoms with Crippen LogP contribution in [0, 0.1) is 12.7 Å². The number of ketones is 1. The van der Waals surface area contributed by atoms with Crippen molar-refractivity contribution >= 4 is 33.1 Å². The molecule has 6 nitrogen and oxygen atoms in total. The highest BCUT2D eigenvalue weighted by Crippen LogP contribution is 2.54. The van der Waals surface area contributed by atoms with E-state index >= 15 is 0 Å². The van der Waals surface area contributed by atoms with Crippen LogP contribution in [0.4, 0.5) is 13.2 Å². The summed E-state index contributed by atoms with van der Waals surface area (Å²) >= 11 is 5.88. The number of carbonyl (C=O) groups excluding carboxylic acids is 1. The molecule has 1 aliphatic carbocycles. The number of aromatic nitrogens is 1. The van der Waals surface area contributed by atoms with Gasteiger partial charge in [0.05, 0.1) is 10.8 Å². The standard InChI is InChI=1S/C22H21ClF3N3O3S/c1-12-5-14(23)8-28-18(12)17(30)7-13-3-4-16(24)15(6-13)20(2)11-33(31,32)21(19(27)29-20)9-22(25,26)10-21/h3-6,8H,7,9-11H2,1-2H3,(H2,27,29)/t20-/m0/s1. The molecule has 11 heteroatoms. The summed E-state index contributed by atoms with van der Waals surface area (Å²) in [5, 5.41) is 0.386. The average molecular weight is 500 g/mol. The van der Waals surface area contributed by atoms with Crippen molar-refractivity contribution in [3.8, 4) is 0 Å². The van der Waals surface area contributed by atoms with Gasteiger partial charge in [0, 0.05) is 31.0 Å². The lowest BCUT2D eigenvalue weighted by atomic mass is 9.78. The molecule has 1 fully saturated rings. The van der Waals surface area contributed by atoms with Crippen molar-refractivity contribution in [1.82, 2.24) is 4.98 Å². The van der Waals surface area contributed by atoms with Gasteiger partial charge in [0.15, 0.2) is 15.6 Å². The smallest absolute Gasteiger partial charge is 0.252 e. The molecule has 1 aromatic heterocycles. The molecule has 33 heavy (non-hydrogen) atoms. The van der Waals surface area contributed by atoms with Gasteiger partial charge >= 0.3 is 0 Å². The Morgan fingerprint density at radius 1 is 1.24 bits per heavy atom. The van der Waals surface area contributed by atoms with Crippen LogP contribution in [0.25, 0.3) is 0 Å². The van der Waals surface area contributed by atoms with Gasteiger partial charge < -0.3 is 5.73 Å². The summed E-state index contributed by atoms with van der Waals surface area (Å²) in [4.78, 5) is 21.0. The topological polar surface area (TPSA) is 102 Å². The highest BCUT2D eigenvalue weighted by molar-refractivity contribution is 7.93. The first-order chi connectivity index (χ1) is 15.2. The van der Waals surface area contributed by atoms with Crippen LogP contribution in [-0.2, 0) is 21.8 Å². The molecule has 0 radical (unpaired) electrons. The van der Waals surface area contributed by atoms with E-state index in [2.05, 4.69) is 9.98 Å². The van der Waals surface area contributed by atoms with Gasteiger partial charge in [-0.2, -0.15) is 0 Å². The van der Waals surface area contributed by atoms with E-state index in [1.807, 2.05) is 0 Å². The predicted molar refractivity (Wildman–Crippen MR) is 118 cm³/mol.